The fourth-order valence-electron chi connectivity index (χ4n) is 5.90. The zero-order valence-electron chi connectivity index (χ0n) is 27.7. The summed E-state index contributed by atoms with van der Waals surface area (Å²) in [6.07, 6.45) is 1.86. The molecule has 0 unspecified atom stereocenters. The first-order valence-electron chi connectivity index (χ1n) is 15.9. The molecule has 47 heavy (non-hydrogen) atoms. The summed E-state index contributed by atoms with van der Waals surface area (Å²) in [7, 11) is -4.11. The number of nitrogens with one attached hydrogen (secondary N) is 3. The lowest BCUT2D eigenvalue weighted by Gasteiger charge is -2.41. The Balaban J connectivity index is 1.38. The van der Waals surface area contributed by atoms with Gasteiger partial charge in [0.1, 0.15) is 5.60 Å². The van der Waals surface area contributed by atoms with Gasteiger partial charge in [0, 0.05) is 35.7 Å². The van der Waals surface area contributed by atoms with E-state index in [2.05, 4.69) is 30.2 Å². The van der Waals surface area contributed by atoms with Crippen LogP contribution in [0.1, 0.15) is 61.5 Å². The molecule has 0 aliphatic carbocycles. The lowest BCUT2D eigenvalue weighted by Crippen LogP contribution is -2.49. The van der Waals surface area contributed by atoms with Crippen LogP contribution in [0.5, 0.6) is 5.88 Å². The molecule has 2 aromatic carbocycles. The Labute approximate surface area is 276 Å². The Morgan fingerprint density at radius 2 is 1.77 bits per heavy atom. The van der Waals surface area contributed by atoms with Crippen LogP contribution in [0.15, 0.2) is 53.4 Å². The van der Waals surface area contributed by atoms with Crippen molar-refractivity contribution in [2.45, 2.75) is 64.4 Å². The van der Waals surface area contributed by atoms with E-state index in [-0.39, 0.29) is 34.8 Å². The van der Waals surface area contributed by atoms with Crippen molar-refractivity contribution in [3.05, 3.63) is 65.2 Å². The topological polar surface area (TPSA) is 152 Å². The summed E-state index contributed by atoms with van der Waals surface area (Å²) in [5.74, 6) is -0.236. The fraction of sp³-hybridized carbons (Fsp3) is 0.471. The number of aromatic nitrogens is 2. The zero-order chi connectivity index (χ0) is 33.8. The summed E-state index contributed by atoms with van der Waals surface area (Å²) >= 11 is 0. The maximum atomic E-state index is 13.4. The number of benzene rings is 2. The van der Waals surface area contributed by atoms with E-state index in [0.717, 1.165) is 55.6 Å². The van der Waals surface area contributed by atoms with E-state index in [1.54, 1.807) is 18.2 Å². The molecule has 2 aliphatic rings. The number of alkyl carbamates (subject to hydrolysis) is 1. The molecule has 0 radical (unpaired) electrons. The van der Waals surface area contributed by atoms with Crippen LogP contribution in [-0.4, -0.2) is 80.2 Å². The Morgan fingerprint density at radius 1 is 1.06 bits per heavy atom. The summed E-state index contributed by atoms with van der Waals surface area (Å²) in [4.78, 5) is 36.6. The standard InChI is InChI=1S/C34H44N6O6S/c1-23-9-6-10-24(2)29(23)27-20-28-38-31(37-27)39-47(43,44)26-12-7-11-25(19-26)30(41)36-21-34(22-45-28)13-17-40(18-14-34)16-8-15-35-32(42)46-33(3,4)5/h6-7,9-12,19-20H,8,13-18,21-22H2,1-5H3,(H,35,42)(H,36,41)(H,37,38,39). The number of rotatable bonds is 5. The number of carbonyl (C=O) groups is 2. The van der Waals surface area contributed by atoms with Gasteiger partial charge in [-0.3, -0.25) is 4.79 Å². The quantitative estimate of drug-likeness (QED) is 0.330. The van der Waals surface area contributed by atoms with E-state index >= 15 is 0 Å². The number of aryl methyl sites for hydroxylation is 2. The molecule has 12 nitrogen and oxygen atoms in total. The van der Waals surface area contributed by atoms with Crippen LogP contribution < -0.4 is 20.1 Å². The molecule has 1 spiro atoms. The molecule has 0 atom stereocenters. The maximum absolute atomic E-state index is 13.4. The van der Waals surface area contributed by atoms with Crippen LogP contribution in [-0.2, 0) is 14.8 Å². The average Bonchev–Trinajstić information content (AvgIpc) is 3.00. The highest BCUT2D eigenvalue weighted by molar-refractivity contribution is 7.92. The number of hydrogen-bond acceptors (Lipinski definition) is 9. The monoisotopic (exact) mass is 664 g/mol. The number of anilines is 1. The molecule has 2 aliphatic heterocycles. The largest absolute Gasteiger partial charge is 0.477 e. The summed E-state index contributed by atoms with van der Waals surface area (Å²) in [5, 5.41) is 5.86. The van der Waals surface area contributed by atoms with E-state index in [9.17, 15) is 18.0 Å². The highest BCUT2D eigenvalue weighted by atomic mass is 32.2. The highest BCUT2D eigenvalue weighted by Crippen LogP contribution is 2.34. The smallest absolute Gasteiger partial charge is 0.407 e. The molecule has 13 heteroatoms. The van der Waals surface area contributed by atoms with Gasteiger partial charge in [0.15, 0.2) is 0 Å². The Kier molecular flexibility index (Phi) is 10.1. The second-order valence-corrected chi connectivity index (χ2v) is 15.1. The van der Waals surface area contributed by atoms with E-state index < -0.39 is 27.1 Å². The van der Waals surface area contributed by atoms with Crippen LogP contribution in [0.25, 0.3) is 11.3 Å². The van der Waals surface area contributed by atoms with Crippen molar-refractivity contribution in [1.29, 1.82) is 0 Å². The Bertz CT molecular complexity index is 1710. The molecule has 0 saturated carbocycles. The SMILES string of the molecule is Cc1cccc(C)c1-c1cc2nc(n1)NS(=O)(=O)c1cccc(c1)C(=O)NCC1(CCN(CCCNC(=O)OC(C)(C)C)CC1)CO2. The number of amides is 2. The molecule has 4 bridgehead atoms. The normalized spacial score (nSPS) is 17.9. The van der Waals surface area contributed by atoms with Gasteiger partial charge in [-0.25, -0.2) is 22.9 Å². The lowest BCUT2D eigenvalue weighted by molar-refractivity contribution is 0.0469. The molecule has 3 N–H and O–H groups in total. The summed E-state index contributed by atoms with van der Waals surface area (Å²) < 4.78 is 41.0. The number of piperidine rings is 1. The third kappa shape index (κ3) is 8.77. The molecular formula is C34H44N6O6S. The first-order valence-corrected chi connectivity index (χ1v) is 17.4. The van der Waals surface area contributed by atoms with Crippen LogP contribution in [0.4, 0.5) is 10.7 Å². The minimum atomic E-state index is -4.11. The fourth-order valence-corrected chi connectivity index (χ4v) is 6.89. The first kappa shape index (κ1) is 34.1. The first-order chi connectivity index (χ1) is 22.2. The number of carbonyl (C=O) groups excluding carboxylic acids is 2. The zero-order valence-corrected chi connectivity index (χ0v) is 28.5. The van der Waals surface area contributed by atoms with Crippen molar-refractivity contribution >= 4 is 28.0 Å². The second kappa shape index (κ2) is 13.9. The number of ether oxygens (including phenoxy) is 2. The van der Waals surface area contributed by atoms with E-state index in [1.807, 2.05) is 52.8 Å². The molecule has 2 amide bonds. The Hall–Kier alpha value is -4.23. The summed E-state index contributed by atoms with van der Waals surface area (Å²) in [5.41, 5.74) is 2.69. The van der Waals surface area contributed by atoms with Crippen LogP contribution in [0, 0.1) is 19.3 Å². The molecule has 1 saturated heterocycles. The number of sulfonamides is 1. The minimum absolute atomic E-state index is 0.0741. The van der Waals surface area contributed by atoms with E-state index in [1.165, 1.54) is 12.1 Å². The maximum Gasteiger partial charge on any atom is 0.407 e. The van der Waals surface area contributed by atoms with Gasteiger partial charge in [-0.15, -0.1) is 0 Å². The molecular weight excluding hydrogens is 620 g/mol. The van der Waals surface area contributed by atoms with Crippen molar-refractivity contribution in [3.63, 3.8) is 0 Å². The predicted molar refractivity (Wildman–Crippen MR) is 179 cm³/mol. The van der Waals surface area contributed by atoms with Crippen molar-refractivity contribution < 1.29 is 27.5 Å². The van der Waals surface area contributed by atoms with E-state index in [0.29, 0.717) is 18.8 Å². The Morgan fingerprint density at radius 3 is 2.47 bits per heavy atom. The van der Waals surface area contributed by atoms with Crippen LogP contribution >= 0.6 is 0 Å². The van der Waals surface area contributed by atoms with Gasteiger partial charge >= 0.3 is 6.09 Å². The number of nitrogens with zero attached hydrogens (tertiary/aromatic N) is 3. The van der Waals surface area contributed by atoms with Gasteiger partial charge in [-0.2, -0.15) is 4.98 Å². The molecule has 3 aromatic rings. The molecule has 252 valence electrons. The van der Waals surface area contributed by atoms with Gasteiger partial charge in [-0.1, -0.05) is 24.3 Å². The molecule has 1 fully saturated rings. The van der Waals surface area contributed by atoms with Crippen molar-refractivity contribution in [2.24, 2.45) is 5.41 Å². The molecule has 3 heterocycles. The van der Waals surface area contributed by atoms with Crippen molar-refractivity contribution in [3.8, 4) is 17.1 Å². The predicted octanol–water partition coefficient (Wildman–Crippen LogP) is 4.68. The lowest BCUT2D eigenvalue weighted by atomic mass is 9.78. The van der Waals surface area contributed by atoms with Crippen LogP contribution in [0.3, 0.4) is 0 Å². The van der Waals surface area contributed by atoms with Gasteiger partial charge in [0.25, 0.3) is 15.9 Å². The van der Waals surface area contributed by atoms with Gasteiger partial charge < -0.3 is 25.0 Å². The minimum Gasteiger partial charge on any atom is -0.477 e. The van der Waals surface area contributed by atoms with Gasteiger partial charge in [0.2, 0.25) is 11.8 Å². The van der Waals surface area contributed by atoms with Crippen molar-refractivity contribution in [2.75, 3.05) is 44.1 Å². The third-order valence-corrected chi connectivity index (χ3v) is 9.78. The third-order valence-electron chi connectivity index (χ3n) is 8.46. The number of likely N-dealkylation sites (tertiary alicyclic amines) is 1. The van der Waals surface area contributed by atoms with Gasteiger partial charge in [0.05, 0.1) is 17.2 Å². The van der Waals surface area contributed by atoms with Crippen LogP contribution in [0.2, 0.25) is 0 Å². The van der Waals surface area contributed by atoms with Gasteiger partial charge in [-0.05, 0) is 103 Å². The van der Waals surface area contributed by atoms with E-state index in [4.69, 9.17) is 9.47 Å². The summed E-state index contributed by atoms with van der Waals surface area (Å²) in [6.45, 7) is 12.9. The molecule has 1 aromatic heterocycles. The molecule has 5 rings (SSSR count). The number of hydrogen-bond donors (Lipinski definition) is 3. The highest BCUT2D eigenvalue weighted by Gasteiger charge is 2.36. The average molecular weight is 665 g/mol. The summed E-state index contributed by atoms with van der Waals surface area (Å²) in [6, 6.07) is 13.6. The number of fused-ring (bicyclic) bond motifs is 4. The van der Waals surface area contributed by atoms with Crippen molar-refractivity contribution in [1.82, 2.24) is 25.5 Å². The second-order valence-electron chi connectivity index (χ2n) is 13.4.